The largest absolute Gasteiger partial charge is 0.362 e. The molecule has 2 aliphatic rings. The Morgan fingerprint density at radius 2 is 1.03 bits per heavy atom. The molecule has 0 spiro atoms. The molecule has 2 heterocycles. The molecule has 2 aliphatic carbocycles. The summed E-state index contributed by atoms with van der Waals surface area (Å²) in [5.74, 6) is 0.692. The van der Waals surface area contributed by atoms with Gasteiger partial charge in [-0.05, 0) is 114 Å². The molecule has 61 heavy (non-hydrogen) atoms. The molecule has 0 saturated heterocycles. The Kier molecular flexibility index (Phi) is 17.8. The summed E-state index contributed by atoms with van der Waals surface area (Å²) in [6.45, 7) is 4.00. The lowest BCUT2D eigenvalue weighted by Crippen LogP contribution is -2.19. The van der Waals surface area contributed by atoms with Crippen molar-refractivity contribution in [1.29, 1.82) is 0 Å². The number of ketones is 2. The minimum atomic E-state index is -3.43. The first kappa shape index (κ1) is 48.6. The molecule has 2 atom stereocenters. The maximum atomic E-state index is 13.4. The number of hydrogen-bond donors (Lipinski definition) is 0. The van der Waals surface area contributed by atoms with Gasteiger partial charge in [0.1, 0.15) is 11.6 Å². The number of aromatic nitrogens is 2. The fourth-order valence-electron chi connectivity index (χ4n) is 8.28. The number of carbonyl (C=O) groups is 2. The van der Waals surface area contributed by atoms with Crippen LogP contribution in [-0.4, -0.2) is 64.1 Å². The van der Waals surface area contributed by atoms with Crippen LogP contribution < -0.4 is 5.30 Å². The number of Topliss-reactive ketones (excluding diaryl/α,β-unsaturated/α-hetero) is 2. The Morgan fingerprint density at radius 3 is 1.36 bits per heavy atom. The summed E-state index contributed by atoms with van der Waals surface area (Å²) in [5, 5.41) is 0.367. The second-order valence-corrected chi connectivity index (χ2v) is 23.1. The Morgan fingerprint density at radius 1 is 0.639 bits per heavy atom. The van der Waals surface area contributed by atoms with Gasteiger partial charge in [0.25, 0.3) is 0 Å². The minimum Gasteiger partial charge on any atom is -0.305 e. The lowest BCUT2D eigenvalue weighted by atomic mass is 9.83. The van der Waals surface area contributed by atoms with Crippen molar-refractivity contribution >= 4 is 60.1 Å². The Hall–Kier alpha value is -3.39. The van der Waals surface area contributed by atoms with Gasteiger partial charge in [-0.2, -0.15) is 0 Å². The van der Waals surface area contributed by atoms with Crippen molar-refractivity contribution < 1.29 is 40.0 Å². The van der Waals surface area contributed by atoms with E-state index in [4.69, 9.17) is 9.05 Å². The molecule has 6 rings (SSSR count). The van der Waals surface area contributed by atoms with Crippen molar-refractivity contribution in [1.82, 2.24) is 9.97 Å². The fourth-order valence-corrected chi connectivity index (χ4v) is 11.3. The van der Waals surface area contributed by atoms with Gasteiger partial charge < -0.3 is 9.05 Å². The van der Waals surface area contributed by atoms with Crippen LogP contribution in [0.3, 0.4) is 0 Å². The predicted octanol–water partition coefficient (Wildman–Crippen LogP) is 9.58. The highest BCUT2D eigenvalue weighted by atomic mass is 79.9. The zero-order valence-corrected chi connectivity index (χ0v) is 39.6. The number of pyridine rings is 2. The van der Waals surface area contributed by atoms with Crippen molar-refractivity contribution in [2.75, 3.05) is 25.7 Å². The standard InChI is InChI=1S/C25H34NO6PS.C21H24BrNO3S/c1-4-31-33(28,32-5-2)22-13-12-21(26-18-22)17-25(27)24(16-19-8-6-7-9-19)20-10-14-23(15-11-20)34(3,29)30;1-27(25,26)19-10-6-16(7-11-19)20(12-15-4-2-3-5-15)21(24)13-18-9-8-17(22)14-23-18/h10-15,18-19,24H,4-9,16-17H2,1-3H3;6-11,14-15,20H,2-5,12-13H2,1H3/t24-;20-/m11/s1. The summed E-state index contributed by atoms with van der Waals surface area (Å²) in [7, 11) is -9.97. The Balaban J connectivity index is 0.000000237. The monoisotopic (exact) mass is 956 g/mol. The van der Waals surface area contributed by atoms with E-state index in [2.05, 4.69) is 25.9 Å². The van der Waals surface area contributed by atoms with E-state index in [-0.39, 0.29) is 52.8 Å². The molecule has 11 nitrogen and oxygen atoms in total. The second-order valence-electron chi connectivity index (χ2n) is 16.2. The molecule has 0 N–H and O–H groups in total. The van der Waals surface area contributed by atoms with Gasteiger partial charge in [-0.25, -0.2) is 16.8 Å². The maximum absolute atomic E-state index is 13.4. The van der Waals surface area contributed by atoms with Crippen LogP contribution in [0, 0.1) is 11.8 Å². The smallest absolute Gasteiger partial charge is 0.305 e. The normalized spacial score (nSPS) is 16.1. The van der Waals surface area contributed by atoms with Crippen molar-refractivity contribution in [3.63, 3.8) is 0 Å². The van der Waals surface area contributed by atoms with E-state index in [1.807, 2.05) is 12.1 Å². The molecule has 4 aromatic rings. The van der Waals surface area contributed by atoms with Crippen molar-refractivity contribution in [3.05, 3.63) is 112 Å². The average molecular weight is 958 g/mol. The van der Waals surface area contributed by atoms with Crippen LogP contribution in [0.15, 0.2) is 99.5 Å². The quantitative estimate of drug-likeness (QED) is 0.0823. The molecule has 2 fully saturated rings. The highest BCUT2D eigenvalue weighted by molar-refractivity contribution is 9.10. The van der Waals surface area contributed by atoms with Gasteiger partial charge in [0, 0.05) is 65.4 Å². The van der Waals surface area contributed by atoms with Crippen molar-refractivity contribution in [3.8, 4) is 0 Å². The van der Waals surface area contributed by atoms with Crippen LogP contribution >= 0.6 is 23.5 Å². The van der Waals surface area contributed by atoms with Crippen LogP contribution in [0.2, 0.25) is 0 Å². The second kappa shape index (κ2) is 22.3. The molecule has 0 radical (unpaired) electrons. The van der Waals surface area contributed by atoms with E-state index in [0.29, 0.717) is 29.3 Å². The van der Waals surface area contributed by atoms with E-state index in [1.165, 1.54) is 57.2 Å². The number of carbonyl (C=O) groups excluding carboxylic acids is 2. The zero-order chi connectivity index (χ0) is 44.2. The number of nitrogens with zero attached hydrogens (tertiary/aromatic N) is 2. The molecule has 330 valence electrons. The number of rotatable bonds is 19. The summed E-state index contributed by atoms with van der Waals surface area (Å²) in [6, 6.07) is 20.6. The lowest BCUT2D eigenvalue weighted by Gasteiger charge is -2.21. The van der Waals surface area contributed by atoms with Gasteiger partial charge in [0.2, 0.25) is 0 Å². The molecule has 0 bridgehead atoms. The summed E-state index contributed by atoms with van der Waals surface area (Å²) < 4.78 is 71.7. The maximum Gasteiger partial charge on any atom is 0.362 e. The van der Waals surface area contributed by atoms with Crippen molar-refractivity contribution in [2.24, 2.45) is 11.8 Å². The third kappa shape index (κ3) is 14.3. The predicted molar refractivity (Wildman–Crippen MR) is 242 cm³/mol. The van der Waals surface area contributed by atoms with Crippen LogP contribution in [0.5, 0.6) is 0 Å². The zero-order valence-electron chi connectivity index (χ0n) is 35.5. The van der Waals surface area contributed by atoms with Crippen LogP contribution in [0.1, 0.15) is 112 Å². The highest BCUT2D eigenvalue weighted by Gasteiger charge is 2.30. The Labute approximate surface area is 370 Å². The molecule has 0 unspecified atom stereocenters. The first-order valence-electron chi connectivity index (χ1n) is 21.1. The van der Waals surface area contributed by atoms with E-state index in [9.17, 15) is 31.0 Å². The highest BCUT2D eigenvalue weighted by Crippen LogP contribution is 2.46. The summed E-state index contributed by atoms with van der Waals surface area (Å²) in [4.78, 5) is 35.7. The SMILES string of the molecule is CCOP(=O)(OCC)c1ccc(CC(=O)[C@H](CC2CCCC2)c2ccc(S(C)(=O)=O)cc2)nc1.CS(=O)(=O)c1ccc([C@@H](CC2CCCC2)C(=O)Cc2ccc(Br)cn2)cc1. The van der Waals surface area contributed by atoms with E-state index < -0.39 is 27.3 Å². The molecule has 15 heteroatoms. The average Bonchev–Trinajstić information content (AvgIpc) is 3.95. The van der Waals surface area contributed by atoms with E-state index in [1.54, 1.807) is 80.7 Å². The molecule has 2 aromatic carbocycles. The van der Waals surface area contributed by atoms with Gasteiger partial charge in [0.15, 0.2) is 19.7 Å². The molecule has 0 amide bonds. The lowest BCUT2D eigenvalue weighted by molar-refractivity contribution is -0.121. The number of hydrogen-bond acceptors (Lipinski definition) is 11. The summed E-state index contributed by atoms with van der Waals surface area (Å²) in [5.41, 5.74) is 3.07. The van der Waals surface area contributed by atoms with Gasteiger partial charge in [-0.1, -0.05) is 75.6 Å². The molecule has 0 aliphatic heterocycles. The van der Waals surface area contributed by atoms with Crippen LogP contribution in [-0.2, 0) is 55.7 Å². The molecule has 2 aromatic heterocycles. The van der Waals surface area contributed by atoms with Gasteiger partial charge in [0.05, 0.1) is 28.3 Å². The molecular weight excluding hydrogens is 900 g/mol. The topological polar surface area (TPSA) is 164 Å². The number of halogens is 1. The van der Waals surface area contributed by atoms with E-state index >= 15 is 0 Å². The third-order valence-electron chi connectivity index (χ3n) is 11.5. The van der Waals surface area contributed by atoms with Crippen LogP contribution in [0.4, 0.5) is 0 Å². The van der Waals surface area contributed by atoms with Gasteiger partial charge in [-0.15, -0.1) is 0 Å². The Bertz CT molecular complexity index is 2320. The first-order chi connectivity index (χ1) is 29.0. The number of benzene rings is 2. The minimum absolute atomic E-state index is 0.0389. The van der Waals surface area contributed by atoms with Gasteiger partial charge in [-0.3, -0.25) is 24.1 Å². The third-order valence-corrected chi connectivity index (χ3v) is 16.3. The van der Waals surface area contributed by atoms with Crippen LogP contribution in [0.25, 0.3) is 0 Å². The van der Waals surface area contributed by atoms with Gasteiger partial charge >= 0.3 is 7.60 Å². The molecular formula is C46H58BrN2O9PS2. The van der Waals surface area contributed by atoms with E-state index in [0.717, 1.165) is 47.0 Å². The summed E-state index contributed by atoms with van der Waals surface area (Å²) >= 11 is 3.36. The number of sulfone groups is 2. The first-order valence-corrected chi connectivity index (χ1v) is 27.2. The van der Waals surface area contributed by atoms with Crippen molar-refractivity contribution in [2.45, 2.75) is 113 Å². The summed E-state index contributed by atoms with van der Waals surface area (Å²) in [6.07, 6.45) is 16.9. The molecule has 2 saturated carbocycles. The fraction of sp³-hybridized carbons (Fsp3) is 0.478.